The van der Waals surface area contributed by atoms with Crippen molar-refractivity contribution in [2.24, 2.45) is 0 Å². The molecule has 0 spiro atoms. The van der Waals surface area contributed by atoms with Gasteiger partial charge in [0.2, 0.25) is 0 Å². The zero-order chi connectivity index (χ0) is 13.2. The molecule has 2 heteroatoms. The first kappa shape index (κ1) is 14.2. The Morgan fingerprint density at radius 2 is 2.00 bits per heavy atom. The molecule has 0 unspecified atom stereocenters. The van der Waals surface area contributed by atoms with Gasteiger partial charge >= 0.3 is 5.97 Å². The van der Waals surface area contributed by atoms with E-state index < -0.39 is 0 Å². The molecular formula is C16H20O2. The molecular weight excluding hydrogens is 224 g/mol. The Balaban J connectivity index is 2.46. The van der Waals surface area contributed by atoms with E-state index in [4.69, 9.17) is 4.74 Å². The number of ether oxygens (including phenoxy) is 1. The smallest absolute Gasteiger partial charge is 0.333 e. The minimum atomic E-state index is -0.235. The zero-order valence-corrected chi connectivity index (χ0v) is 11.1. The fourth-order valence-electron chi connectivity index (χ4n) is 1.36. The molecule has 0 saturated heterocycles. The van der Waals surface area contributed by atoms with Crippen molar-refractivity contribution in [1.82, 2.24) is 0 Å². The van der Waals surface area contributed by atoms with Gasteiger partial charge in [-0.2, -0.15) is 0 Å². The highest BCUT2D eigenvalue weighted by atomic mass is 16.5. The fraction of sp³-hybridized carbons (Fsp3) is 0.312. The lowest BCUT2D eigenvalue weighted by molar-refractivity contribution is -0.139. The Bertz CT molecular complexity index is 416. The van der Waals surface area contributed by atoms with Gasteiger partial charge in [0.1, 0.15) is 0 Å². The van der Waals surface area contributed by atoms with Crippen LogP contribution in [0.25, 0.3) is 6.08 Å². The molecule has 0 radical (unpaired) electrons. The van der Waals surface area contributed by atoms with Gasteiger partial charge in [-0.25, -0.2) is 4.79 Å². The second kappa shape index (κ2) is 8.29. The highest BCUT2D eigenvalue weighted by molar-refractivity contribution is 5.88. The Morgan fingerprint density at radius 1 is 1.28 bits per heavy atom. The number of esters is 1. The Morgan fingerprint density at radius 3 is 2.67 bits per heavy atom. The summed E-state index contributed by atoms with van der Waals surface area (Å²) in [6, 6.07) is 9.96. The molecule has 96 valence electrons. The van der Waals surface area contributed by atoms with Crippen molar-refractivity contribution < 1.29 is 9.53 Å². The summed E-state index contributed by atoms with van der Waals surface area (Å²) in [6.07, 6.45) is 7.55. The molecule has 1 rings (SSSR count). The van der Waals surface area contributed by atoms with Crippen LogP contribution in [0.15, 0.2) is 48.1 Å². The summed E-state index contributed by atoms with van der Waals surface area (Å²) < 4.78 is 5.11. The Labute approximate surface area is 109 Å². The summed E-state index contributed by atoms with van der Waals surface area (Å²) in [5.74, 6) is -0.235. The number of unbranched alkanes of at least 4 members (excludes halogenated alkanes) is 1. The second-order valence-electron chi connectivity index (χ2n) is 4.11. The zero-order valence-electron chi connectivity index (χ0n) is 11.1. The lowest BCUT2D eigenvalue weighted by Crippen LogP contribution is -2.06. The van der Waals surface area contributed by atoms with Crippen molar-refractivity contribution in [3.8, 4) is 0 Å². The number of benzene rings is 1. The van der Waals surface area contributed by atoms with Gasteiger partial charge in [0.25, 0.3) is 0 Å². The molecule has 0 aromatic heterocycles. The first-order chi connectivity index (χ1) is 8.74. The topological polar surface area (TPSA) is 26.3 Å². The van der Waals surface area contributed by atoms with Gasteiger partial charge in [0.05, 0.1) is 6.61 Å². The highest BCUT2D eigenvalue weighted by Gasteiger charge is 2.03. The van der Waals surface area contributed by atoms with Gasteiger partial charge in [-0.15, -0.1) is 0 Å². The third-order valence-electron chi connectivity index (χ3n) is 2.49. The second-order valence-corrected chi connectivity index (χ2v) is 4.11. The Hall–Kier alpha value is -1.83. The van der Waals surface area contributed by atoms with Crippen molar-refractivity contribution >= 4 is 12.0 Å². The van der Waals surface area contributed by atoms with Crippen LogP contribution in [0.4, 0.5) is 0 Å². The van der Waals surface area contributed by atoms with Crippen LogP contribution in [0.3, 0.4) is 0 Å². The summed E-state index contributed by atoms with van der Waals surface area (Å²) >= 11 is 0. The SMILES string of the molecule is CCCCOC(=O)/C(C)=C\C=C\c1ccccc1. The molecule has 0 bridgehead atoms. The van der Waals surface area contributed by atoms with Gasteiger partial charge in [-0.3, -0.25) is 0 Å². The van der Waals surface area contributed by atoms with Crippen molar-refractivity contribution in [2.75, 3.05) is 6.61 Å². The summed E-state index contributed by atoms with van der Waals surface area (Å²) in [6.45, 7) is 4.34. The van der Waals surface area contributed by atoms with E-state index in [1.807, 2.05) is 42.5 Å². The molecule has 0 saturated carbocycles. The van der Waals surface area contributed by atoms with Crippen LogP contribution in [0.2, 0.25) is 0 Å². The van der Waals surface area contributed by atoms with Crippen LogP contribution < -0.4 is 0 Å². The van der Waals surface area contributed by atoms with Gasteiger partial charge in [-0.1, -0.05) is 61.9 Å². The molecule has 0 aliphatic carbocycles. The molecule has 1 aromatic carbocycles. The number of carbonyl (C=O) groups is 1. The number of allylic oxidation sites excluding steroid dienone is 2. The molecule has 0 heterocycles. The van der Waals surface area contributed by atoms with Crippen molar-refractivity contribution in [3.05, 3.63) is 53.6 Å². The average molecular weight is 244 g/mol. The van der Waals surface area contributed by atoms with Crippen LogP contribution in [0.1, 0.15) is 32.3 Å². The highest BCUT2D eigenvalue weighted by Crippen LogP contribution is 2.03. The molecule has 0 amide bonds. The van der Waals surface area contributed by atoms with Crippen LogP contribution in [-0.4, -0.2) is 12.6 Å². The third kappa shape index (κ3) is 5.48. The van der Waals surface area contributed by atoms with Crippen LogP contribution in [-0.2, 0) is 9.53 Å². The maximum Gasteiger partial charge on any atom is 0.333 e. The lowest BCUT2D eigenvalue weighted by Gasteiger charge is -2.02. The average Bonchev–Trinajstić information content (AvgIpc) is 2.40. The summed E-state index contributed by atoms with van der Waals surface area (Å²) in [7, 11) is 0. The van der Waals surface area contributed by atoms with Crippen LogP contribution in [0, 0.1) is 0 Å². The van der Waals surface area contributed by atoms with E-state index in [1.54, 1.807) is 13.0 Å². The van der Waals surface area contributed by atoms with Crippen molar-refractivity contribution in [1.29, 1.82) is 0 Å². The molecule has 0 atom stereocenters. The number of hydrogen-bond acceptors (Lipinski definition) is 2. The Kier molecular flexibility index (Phi) is 6.55. The van der Waals surface area contributed by atoms with E-state index in [2.05, 4.69) is 6.92 Å². The normalized spacial score (nSPS) is 11.8. The lowest BCUT2D eigenvalue weighted by atomic mass is 10.2. The van der Waals surface area contributed by atoms with Gasteiger partial charge in [-0.05, 0) is 18.9 Å². The molecule has 2 nitrogen and oxygen atoms in total. The summed E-state index contributed by atoms with van der Waals surface area (Å²) in [5.41, 5.74) is 1.74. The minimum absolute atomic E-state index is 0.235. The summed E-state index contributed by atoms with van der Waals surface area (Å²) in [4.78, 5) is 11.5. The van der Waals surface area contributed by atoms with Crippen LogP contribution >= 0.6 is 0 Å². The first-order valence-corrected chi connectivity index (χ1v) is 6.31. The van der Waals surface area contributed by atoms with E-state index >= 15 is 0 Å². The monoisotopic (exact) mass is 244 g/mol. The van der Waals surface area contributed by atoms with Crippen LogP contribution in [0.5, 0.6) is 0 Å². The molecule has 18 heavy (non-hydrogen) atoms. The largest absolute Gasteiger partial charge is 0.462 e. The molecule has 0 fully saturated rings. The fourth-order valence-corrected chi connectivity index (χ4v) is 1.36. The van der Waals surface area contributed by atoms with E-state index in [0.29, 0.717) is 12.2 Å². The van der Waals surface area contributed by atoms with E-state index in [-0.39, 0.29) is 5.97 Å². The number of carbonyl (C=O) groups excluding carboxylic acids is 1. The van der Waals surface area contributed by atoms with Gasteiger partial charge in [0.15, 0.2) is 0 Å². The van der Waals surface area contributed by atoms with Crippen molar-refractivity contribution in [2.45, 2.75) is 26.7 Å². The van der Waals surface area contributed by atoms with Crippen molar-refractivity contribution in [3.63, 3.8) is 0 Å². The number of rotatable bonds is 6. The predicted molar refractivity (Wildman–Crippen MR) is 75.1 cm³/mol. The summed E-state index contributed by atoms with van der Waals surface area (Å²) in [5, 5.41) is 0. The van der Waals surface area contributed by atoms with E-state index in [1.165, 1.54) is 0 Å². The standard InChI is InChI=1S/C16H20O2/c1-3-4-13-18-16(17)14(2)9-8-12-15-10-6-5-7-11-15/h5-12H,3-4,13H2,1-2H3/b12-8+,14-9-. The maximum absolute atomic E-state index is 11.5. The van der Waals surface area contributed by atoms with Gasteiger partial charge in [0, 0.05) is 5.57 Å². The van der Waals surface area contributed by atoms with E-state index in [0.717, 1.165) is 18.4 Å². The predicted octanol–water partition coefficient (Wildman–Crippen LogP) is 3.99. The first-order valence-electron chi connectivity index (χ1n) is 6.31. The molecule has 0 aliphatic rings. The quantitative estimate of drug-likeness (QED) is 0.327. The van der Waals surface area contributed by atoms with Gasteiger partial charge < -0.3 is 4.74 Å². The molecule has 0 aliphatic heterocycles. The molecule has 0 N–H and O–H groups in total. The minimum Gasteiger partial charge on any atom is -0.462 e. The molecule has 1 aromatic rings. The number of hydrogen-bond donors (Lipinski definition) is 0. The third-order valence-corrected chi connectivity index (χ3v) is 2.49. The van der Waals surface area contributed by atoms with E-state index in [9.17, 15) is 4.79 Å². The maximum atomic E-state index is 11.5.